The van der Waals surface area contributed by atoms with Crippen LogP contribution in [0.15, 0.2) is 12.3 Å². The van der Waals surface area contributed by atoms with E-state index in [4.69, 9.17) is 9.88 Å². The summed E-state index contributed by atoms with van der Waals surface area (Å²) in [6.07, 6.45) is 5.58. The van der Waals surface area contributed by atoms with Crippen LogP contribution in [0.4, 0.5) is 0 Å². The fourth-order valence-electron chi connectivity index (χ4n) is 4.51. The lowest BCUT2D eigenvalue weighted by atomic mass is 9.80. The molecule has 0 bridgehead atoms. The van der Waals surface area contributed by atoms with Gasteiger partial charge in [-0.05, 0) is 57.8 Å². The monoisotopic (exact) mass is 403 g/mol. The van der Waals surface area contributed by atoms with E-state index >= 15 is 0 Å². The van der Waals surface area contributed by atoms with E-state index in [2.05, 4.69) is 37.0 Å². The number of nitrogens with zero attached hydrogens (tertiary/aromatic N) is 1. The average molecular weight is 404 g/mol. The minimum atomic E-state index is -3.73. The van der Waals surface area contributed by atoms with Crippen molar-refractivity contribution in [3.05, 3.63) is 12.3 Å². The number of ether oxygens (including phenoxy) is 1. The van der Waals surface area contributed by atoms with Crippen LogP contribution in [0.3, 0.4) is 0 Å². The molecular weight excluding hydrogens is 362 g/mol. The summed E-state index contributed by atoms with van der Waals surface area (Å²) in [6, 6.07) is -0.0932. The van der Waals surface area contributed by atoms with E-state index in [0.717, 1.165) is 30.4 Å². The van der Waals surface area contributed by atoms with Crippen LogP contribution in [0.25, 0.3) is 0 Å². The van der Waals surface area contributed by atoms with Gasteiger partial charge in [-0.15, -0.1) is 0 Å². The molecule has 27 heavy (non-hydrogen) atoms. The summed E-state index contributed by atoms with van der Waals surface area (Å²) in [7, 11) is -3.73. The van der Waals surface area contributed by atoms with Crippen molar-refractivity contribution in [3.63, 3.8) is 0 Å². The van der Waals surface area contributed by atoms with Crippen LogP contribution in [0.5, 0.6) is 0 Å². The first-order chi connectivity index (χ1) is 12.6. The summed E-state index contributed by atoms with van der Waals surface area (Å²) in [5.41, 5.74) is 0.934. The predicted molar refractivity (Wildman–Crippen MR) is 112 cm³/mol. The summed E-state index contributed by atoms with van der Waals surface area (Å²) in [6.45, 7) is 17.2. The topological polar surface area (TPSA) is 84.7 Å². The Kier molecular flexibility index (Phi) is 9.75. The van der Waals surface area contributed by atoms with E-state index in [1.807, 2.05) is 20.8 Å². The van der Waals surface area contributed by atoms with E-state index in [9.17, 15) is 8.42 Å². The number of hydrogen-bond donors (Lipinski definition) is 2. The fourth-order valence-corrected chi connectivity index (χ4v) is 5.18. The van der Waals surface area contributed by atoms with Crippen molar-refractivity contribution in [2.45, 2.75) is 97.9 Å². The molecular formula is C20H41N3O3S. The molecule has 1 aliphatic carbocycles. The summed E-state index contributed by atoms with van der Waals surface area (Å²) in [5.74, 6) is 1.54. The van der Waals surface area contributed by atoms with Crippen molar-refractivity contribution in [2.24, 2.45) is 17.0 Å². The highest BCUT2D eigenvalue weighted by atomic mass is 32.2. The van der Waals surface area contributed by atoms with Gasteiger partial charge in [0.2, 0.25) is 0 Å². The quantitative estimate of drug-likeness (QED) is 0.682. The summed E-state index contributed by atoms with van der Waals surface area (Å²) >= 11 is 0. The molecule has 1 heterocycles. The molecule has 3 unspecified atom stereocenters. The third-order valence-corrected chi connectivity index (χ3v) is 6.44. The van der Waals surface area contributed by atoms with Crippen molar-refractivity contribution in [3.8, 4) is 0 Å². The van der Waals surface area contributed by atoms with Gasteiger partial charge in [-0.25, -0.2) is 5.14 Å². The van der Waals surface area contributed by atoms with Gasteiger partial charge in [0.25, 0.3) is 10.2 Å². The molecule has 0 aromatic rings. The van der Waals surface area contributed by atoms with Crippen LogP contribution >= 0.6 is 0 Å². The number of rotatable bonds is 7. The molecule has 160 valence electrons. The lowest BCUT2D eigenvalue weighted by molar-refractivity contribution is -0.0122. The van der Waals surface area contributed by atoms with E-state index in [0.29, 0.717) is 13.0 Å². The highest BCUT2D eigenvalue weighted by Crippen LogP contribution is 2.33. The maximum absolute atomic E-state index is 11.5. The van der Waals surface area contributed by atoms with Gasteiger partial charge in [0.15, 0.2) is 0 Å². The largest absolute Gasteiger partial charge is 0.376 e. The van der Waals surface area contributed by atoms with Crippen LogP contribution in [0, 0.1) is 11.8 Å². The van der Waals surface area contributed by atoms with Crippen molar-refractivity contribution < 1.29 is 13.2 Å². The Morgan fingerprint density at radius 1 is 1.26 bits per heavy atom. The summed E-state index contributed by atoms with van der Waals surface area (Å²) in [4.78, 5) is 2.17. The molecule has 7 heteroatoms. The van der Waals surface area contributed by atoms with Gasteiger partial charge in [-0.3, -0.25) is 0 Å². The first-order valence-electron chi connectivity index (χ1n) is 10.4. The maximum Gasteiger partial charge on any atom is 0.274 e. The third kappa shape index (κ3) is 7.37. The average Bonchev–Trinajstić information content (AvgIpc) is 2.88. The lowest BCUT2D eigenvalue weighted by Crippen LogP contribution is -2.49. The summed E-state index contributed by atoms with van der Waals surface area (Å²) < 4.78 is 31.8. The second kappa shape index (κ2) is 10.8. The highest BCUT2D eigenvalue weighted by molar-refractivity contribution is 7.87. The van der Waals surface area contributed by atoms with E-state index in [1.165, 1.54) is 12.8 Å². The Labute approximate surface area is 167 Å². The van der Waals surface area contributed by atoms with Crippen LogP contribution in [-0.4, -0.2) is 44.2 Å². The zero-order valence-electron chi connectivity index (χ0n) is 18.1. The Morgan fingerprint density at radius 3 is 2.26 bits per heavy atom. The smallest absolute Gasteiger partial charge is 0.274 e. The predicted octanol–water partition coefficient (Wildman–Crippen LogP) is 3.40. The lowest BCUT2D eigenvalue weighted by Gasteiger charge is -2.35. The normalized spacial score (nSPS) is 31.6. The highest BCUT2D eigenvalue weighted by Gasteiger charge is 2.40. The molecule has 0 spiro atoms. The maximum atomic E-state index is 11.5. The van der Waals surface area contributed by atoms with Gasteiger partial charge in [-0.2, -0.15) is 13.1 Å². The number of nitrogens with two attached hydrogens (primary N) is 1. The Hall–Kier alpha value is -0.630. The molecule has 1 saturated carbocycles. The van der Waals surface area contributed by atoms with Gasteiger partial charge >= 0.3 is 0 Å². The van der Waals surface area contributed by atoms with Crippen molar-refractivity contribution in [1.29, 1.82) is 0 Å². The van der Waals surface area contributed by atoms with Gasteiger partial charge in [0.1, 0.15) is 0 Å². The number of allylic oxidation sites excluding steroid dienone is 1. The molecule has 6 nitrogen and oxygen atoms in total. The SMILES string of the molecule is C=C(C)N1C(C)CC(NS(N)(=O)=O)C1COC1CCC(C(C)C)CC1.CC. The Balaban J connectivity index is 0.00000176. The second-order valence-corrected chi connectivity index (χ2v) is 9.50. The Bertz CT molecular complexity index is 557. The molecule has 2 fully saturated rings. The number of hydrogen-bond acceptors (Lipinski definition) is 4. The molecule has 1 saturated heterocycles. The van der Waals surface area contributed by atoms with Crippen molar-refractivity contribution in [1.82, 2.24) is 9.62 Å². The zero-order valence-corrected chi connectivity index (χ0v) is 18.9. The number of likely N-dealkylation sites (tertiary alicyclic amines) is 1. The third-order valence-electron chi connectivity index (χ3n) is 5.81. The molecule has 0 radical (unpaired) electrons. The van der Waals surface area contributed by atoms with Crippen LogP contribution < -0.4 is 9.86 Å². The minimum absolute atomic E-state index is 0.0614. The van der Waals surface area contributed by atoms with Crippen molar-refractivity contribution >= 4 is 10.2 Å². The molecule has 0 amide bonds. The molecule has 1 aliphatic heterocycles. The first-order valence-corrected chi connectivity index (χ1v) is 12.0. The van der Waals surface area contributed by atoms with Gasteiger partial charge in [-0.1, -0.05) is 34.3 Å². The van der Waals surface area contributed by atoms with Gasteiger partial charge in [0, 0.05) is 17.8 Å². The molecule has 0 aromatic carbocycles. The van der Waals surface area contributed by atoms with Gasteiger partial charge in [0.05, 0.1) is 18.8 Å². The fraction of sp³-hybridized carbons (Fsp3) is 0.900. The number of nitrogens with one attached hydrogen (secondary N) is 1. The second-order valence-electron chi connectivity index (χ2n) is 8.18. The van der Waals surface area contributed by atoms with Crippen LogP contribution in [0.2, 0.25) is 0 Å². The first kappa shape index (κ1) is 24.4. The Morgan fingerprint density at radius 2 is 1.81 bits per heavy atom. The molecule has 2 aliphatic rings. The van der Waals surface area contributed by atoms with Gasteiger partial charge < -0.3 is 9.64 Å². The minimum Gasteiger partial charge on any atom is -0.376 e. The molecule has 2 rings (SSSR count). The van der Waals surface area contributed by atoms with E-state index in [-0.39, 0.29) is 24.2 Å². The zero-order chi connectivity index (χ0) is 20.8. The molecule has 3 N–H and O–H groups in total. The molecule has 0 aromatic heterocycles. The van der Waals surface area contributed by atoms with Crippen LogP contribution in [-0.2, 0) is 14.9 Å². The van der Waals surface area contributed by atoms with E-state index < -0.39 is 10.2 Å². The summed E-state index contributed by atoms with van der Waals surface area (Å²) in [5, 5.41) is 5.21. The standard InChI is InChI=1S/C18H35N3O3S.C2H6/c1-12(2)15-6-8-16(9-7-15)24-11-18-17(20-25(19,22)23)10-14(5)21(18)13(3)4;1-2/h12,14-18,20H,3,6-11H2,1-2,4-5H3,(H2,19,22,23);1-2H3. The van der Waals surface area contributed by atoms with Crippen LogP contribution in [0.1, 0.15) is 73.6 Å². The molecule has 3 atom stereocenters. The van der Waals surface area contributed by atoms with Crippen molar-refractivity contribution in [2.75, 3.05) is 6.61 Å². The van der Waals surface area contributed by atoms with E-state index in [1.54, 1.807) is 0 Å².